The molecule has 192 valence electrons. The molecule has 2 aromatic carbocycles. The predicted molar refractivity (Wildman–Crippen MR) is 139 cm³/mol. The molecule has 0 saturated heterocycles. The molecule has 4 rings (SSSR count). The topological polar surface area (TPSA) is 9.72 Å². The second kappa shape index (κ2) is 14.2. The maximum absolute atomic E-state index is 6.11. The summed E-state index contributed by atoms with van der Waals surface area (Å²) in [6.07, 6.45) is 8.72. The smallest absolute Gasteiger partial charge is 0 e. The van der Waals surface area contributed by atoms with Gasteiger partial charge in [-0.2, -0.15) is 0 Å². The Kier molecular flexibility index (Phi) is 12.8. The van der Waals surface area contributed by atoms with Crippen molar-refractivity contribution in [1.82, 2.24) is 4.90 Å². The van der Waals surface area contributed by atoms with Crippen LogP contribution in [0.25, 0.3) is 0 Å². The molecule has 0 bridgehead atoms. The Morgan fingerprint density at radius 2 is 1.71 bits per heavy atom. The molecule has 2 heterocycles. The van der Waals surface area contributed by atoms with Crippen LogP contribution in [0.5, 0.6) is 0 Å². The van der Waals surface area contributed by atoms with Crippen LogP contribution < -0.4 is 31.0 Å². The Balaban J connectivity index is 0.00000193. The molecule has 2 unspecified atom stereocenters. The van der Waals surface area contributed by atoms with Gasteiger partial charge >= 0.3 is 199 Å². The van der Waals surface area contributed by atoms with Gasteiger partial charge in [-0.15, -0.1) is 0 Å². The molecule has 0 amide bonds. The van der Waals surface area contributed by atoms with E-state index in [0.717, 1.165) is 19.4 Å². The minimum atomic E-state index is -0.0292. The molecule has 0 aliphatic carbocycles. The third-order valence-corrected chi connectivity index (χ3v) is 10.0. The molecule has 2 aliphatic heterocycles. The molecule has 3 nitrogen and oxygen atoms in total. The first-order chi connectivity index (χ1) is 15.2. The van der Waals surface area contributed by atoms with Crippen LogP contribution in [-0.4, -0.2) is 22.0 Å². The number of benzene rings is 2. The molecular weight excluding hydrogens is 576 g/mol. The molecule has 34 heavy (non-hydrogen) atoms. The van der Waals surface area contributed by atoms with E-state index in [4.69, 9.17) is 6.58 Å². The van der Waals surface area contributed by atoms with E-state index in [0.29, 0.717) is 18.0 Å². The SMILES string of the molecule is [CH-]=CN1[CH-]C(CC2N(CC)C=CN2c2ccccc2CC)[C@H](C)C[I-]c2ccccc21.[CH3-].[CH3-].[Ni]. The molecule has 3 atom stereocenters. The van der Waals surface area contributed by atoms with E-state index in [1.165, 1.54) is 24.9 Å². The average molecular weight is 615 g/mol. The first-order valence-corrected chi connectivity index (χ1v) is 13.9. The largest absolute Gasteiger partial charge is 0.358 e. The summed E-state index contributed by atoms with van der Waals surface area (Å²) < 4.78 is 2.79. The Labute approximate surface area is 229 Å². The van der Waals surface area contributed by atoms with Crippen LogP contribution in [0, 0.1) is 43.4 Å². The Hall–Kier alpha value is -1.46. The van der Waals surface area contributed by atoms with Gasteiger partial charge in [0.1, 0.15) is 0 Å². The number of hydrogen-bond acceptors (Lipinski definition) is 3. The van der Waals surface area contributed by atoms with Crippen LogP contribution >= 0.6 is 0 Å². The van der Waals surface area contributed by atoms with Crippen molar-refractivity contribution < 1.29 is 37.7 Å². The number of anilines is 2. The van der Waals surface area contributed by atoms with Crippen molar-refractivity contribution in [3.05, 3.63) is 104 Å². The Morgan fingerprint density at radius 1 is 1.03 bits per heavy atom. The molecule has 0 radical (unpaired) electrons. The number of alkyl halides is 1. The van der Waals surface area contributed by atoms with Gasteiger partial charge in [0, 0.05) is 16.5 Å². The summed E-state index contributed by atoms with van der Waals surface area (Å²) in [5.74, 6) is 1.09. The van der Waals surface area contributed by atoms with E-state index in [-0.39, 0.29) is 52.5 Å². The third-order valence-electron chi connectivity index (χ3n) is 6.46. The van der Waals surface area contributed by atoms with Crippen molar-refractivity contribution in [2.24, 2.45) is 11.8 Å². The standard InChI is InChI=1S/C27H33IN3.2CH3.Ni/c1-5-22-12-8-10-14-25(22)31-17-16-29(6-2)27(31)18-23-20-30(7-3)26-15-11-9-13-24(26)28-19-21(23)4;;;/h3,7-17,20-21,23,27H,5-6,18-19H2,1-2,4H3;2*1H3;/q-3;2*-1;/t21-,23?,27?;;;/m1.../s1. The summed E-state index contributed by atoms with van der Waals surface area (Å²) in [7, 11) is 0. The summed E-state index contributed by atoms with van der Waals surface area (Å²) in [5, 5.41) is 0. The van der Waals surface area contributed by atoms with Crippen molar-refractivity contribution in [3.63, 3.8) is 0 Å². The minimum absolute atomic E-state index is 0. The fourth-order valence-corrected chi connectivity index (χ4v) is 7.71. The van der Waals surface area contributed by atoms with Crippen LogP contribution in [0.3, 0.4) is 0 Å². The summed E-state index contributed by atoms with van der Waals surface area (Å²) in [6.45, 7) is 16.4. The van der Waals surface area contributed by atoms with Gasteiger partial charge in [0.15, 0.2) is 0 Å². The normalized spacial score (nSPS) is 21.6. The quantitative estimate of drug-likeness (QED) is 0.213. The number of para-hydroxylation sites is 2. The minimum Gasteiger partial charge on any atom is -0.358 e. The molecule has 0 N–H and O–H groups in total. The second-order valence-corrected chi connectivity index (χ2v) is 11.1. The van der Waals surface area contributed by atoms with Crippen LogP contribution in [0.1, 0.15) is 32.8 Å². The van der Waals surface area contributed by atoms with Gasteiger partial charge in [0.2, 0.25) is 0 Å². The summed E-state index contributed by atoms with van der Waals surface area (Å²) in [5.41, 5.74) is 4.00. The number of aryl methyl sites for hydroxylation is 1. The molecule has 5 heteroatoms. The Morgan fingerprint density at radius 3 is 2.38 bits per heavy atom. The van der Waals surface area contributed by atoms with Crippen molar-refractivity contribution in [2.45, 2.75) is 39.8 Å². The maximum atomic E-state index is 6.11. The van der Waals surface area contributed by atoms with E-state index >= 15 is 0 Å². The van der Waals surface area contributed by atoms with Crippen molar-refractivity contribution in [2.75, 3.05) is 20.8 Å². The summed E-state index contributed by atoms with van der Waals surface area (Å²) >= 11 is -0.0292. The molecule has 0 aromatic heterocycles. The fraction of sp³-hybridized carbons (Fsp3) is 0.345. The van der Waals surface area contributed by atoms with Crippen LogP contribution in [0.2, 0.25) is 0 Å². The van der Waals surface area contributed by atoms with Crippen LogP contribution in [-0.2, 0) is 22.9 Å². The fourth-order valence-electron chi connectivity index (χ4n) is 4.58. The third kappa shape index (κ3) is 6.40. The van der Waals surface area contributed by atoms with E-state index in [1.807, 2.05) is 0 Å². The summed E-state index contributed by atoms with van der Waals surface area (Å²) in [6, 6.07) is 17.6. The van der Waals surface area contributed by atoms with Gasteiger partial charge in [-0.1, -0.05) is 0 Å². The Bertz CT molecular complexity index is 931. The van der Waals surface area contributed by atoms with Gasteiger partial charge < -0.3 is 14.9 Å². The average Bonchev–Trinajstić information content (AvgIpc) is 3.21. The van der Waals surface area contributed by atoms with Gasteiger partial charge in [0.25, 0.3) is 0 Å². The predicted octanol–water partition coefficient (Wildman–Crippen LogP) is 3.62. The molecule has 0 fully saturated rings. The van der Waals surface area contributed by atoms with Crippen molar-refractivity contribution >= 4 is 11.4 Å². The number of halogens is 1. The van der Waals surface area contributed by atoms with Gasteiger partial charge in [-0.3, -0.25) is 0 Å². The van der Waals surface area contributed by atoms with Crippen molar-refractivity contribution in [1.29, 1.82) is 0 Å². The van der Waals surface area contributed by atoms with E-state index < -0.39 is 0 Å². The molecule has 0 spiro atoms. The first-order valence-electron chi connectivity index (χ1n) is 11.3. The monoisotopic (exact) mass is 614 g/mol. The van der Waals surface area contributed by atoms with Gasteiger partial charge in [0.05, 0.1) is 0 Å². The number of nitrogens with zero attached hydrogens (tertiary/aromatic N) is 3. The maximum Gasteiger partial charge on any atom is 0 e. The molecule has 2 aliphatic rings. The zero-order valence-corrected chi connectivity index (χ0v) is 24.2. The molecule has 0 saturated carbocycles. The summed E-state index contributed by atoms with van der Waals surface area (Å²) in [4.78, 5) is 7.14. The number of hydrogen-bond donors (Lipinski definition) is 0. The van der Waals surface area contributed by atoms with Gasteiger partial charge in [-0.05, 0) is 0 Å². The molecular formula is C29H39IN3Ni-5. The van der Waals surface area contributed by atoms with E-state index in [2.05, 4.69) is 103 Å². The van der Waals surface area contributed by atoms with E-state index in [9.17, 15) is 0 Å². The van der Waals surface area contributed by atoms with Crippen LogP contribution in [0.15, 0.2) is 67.1 Å². The van der Waals surface area contributed by atoms with Crippen molar-refractivity contribution in [3.8, 4) is 0 Å². The van der Waals surface area contributed by atoms with Gasteiger partial charge in [-0.25, -0.2) is 0 Å². The zero-order chi connectivity index (χ0) is 21.8. The zero-order valence-electron chi connectivity index (χ0n) is 21.1. The second-order valence-electron chi connectivity index (χ2n) is 8.32. The van der Waals surface area contributed by atoms with Crippen LogP contribution in [0.4, 0.5) is 11.4 Å². The number of fused-ring (bicyclic) bond motifs is 1. The van der Waals surface area contributed by atoms with E-state index in [1.54, 1.807) is 6.20 Å². The molecule has 2 aromatic rings. The number of rotatable bonds is 6. The first kappa shape index (κ1) is 30.6.